The highest BCUT2D eigenvalue weighted by atomic mass is 16.2. The monoisotopic (exact) mass is 181 g/mol. The van der Waals surface area contributed by atoms with E-state index in [0.29, 0.717) is 12.3 Å². The normalized spacial score (nSPS) is 17.2. The molecule has 1 fully saturated rings. The van der Waals surface area contributed by atoms with Gasteiger partial charge in [0.05, 0.1) is 0 Å². The molecule has 0 aromatic heterocycles. The van der Waals surface area contributed by atoms with Gasteiger partial charge in [0.2, 0.25) is 5.91 Å². The summed E-state index contributed by atoms with van der Waals surface area (Å²) in [6.07, 6.45) is 5.13. The first-order chi connectivity index (χ1) is 6.20. The lowest BCUT2D eigenvalue weighted by molar-refractivity contribution is -0.132. The Labute approximate surface area is 80.6 Å². The molecule has 2 nitrogen and oxygen atoms in total. The minimum atomic E-state index is 0.308. The highest BCUT2D eigenvalue weighted by molar-refractivity contribution is 5.76. The third-order valence-electron chi connectivity index (χ3n) is 2.47. The predicted molar refractivity (Wildman–Crippen MR) is 54.5 cm³/mol. The maximum absolute atomic E-state index is 11.6. The van der Waals surface area contributed by atoms with Crippen molar-refractivity contribution in [2.24, 2.45) is 0 Å². The lowest BCUT2D eigenvalue weighted by Gasteiger charge is -2.26. The predicted octanol–water partition coefficient (Wildman–Crippen LogP) is 2.36. The fraction of sp³-hybridized carbons (Fsp3) is 0.727. The standard InChI is InChI=1S/C11H19NO/c1-10(2)6-7-11(13)12-8-4-3-5-9-12/h1,3-9H2,2H3. The SMILES string of the molecule is C=C(C)CCC(=O)N1CCCCC1. The molecule has 2 heteroatoms. The van der Waals surface area contributed by atoms with E-state index in [2.05, 4.69) is 6.58 Å². The molecule has 0 radical (unpaired) electrons. The lowest BCUT2D eigenvalue weighted by Crippen LogP contribution is -2.35. The van der Waals surface area contributed by atoms with Crippen LogP contribution >= 0.6 is 0 Å². The van der Waals surface area contributed by atoms with Gasteiger partial charge in [-0.25, -0.2) is 0 Å². The molecule has 0 aliphatic carbocycles. The van der Waals surface area contributed by atoms with Crippen LogP contribution in [0.4, 0.5) is 0 Å². The van der Waals surface area contributed by atoms with Crippen LogP contribution in [0.15, 0.2) is 12.2 Å². The van der Waals surface area contributed by atoms with Crippen molar-refractivity contribution in [3.8, 4) is 0 Å². The van der Waals surface area contributed by atoms with Gasteiger partial charge in [-0.2, -0.15) is 0 Å². The molecular weight excluding hydrogens is 162 g/mol. The topological polar surface area (TPSA) is 20.3 Å². The molecule has 1 amide bonds. The number of nitrogens with zero attached hydrogens (tertiary/aromatic N) is 1. The molecule has 0 unspecified atom stereocenters. The van der Waals surface area contributed by atoms with Crippen molar-refractivity contribution in [3.63, 3.8) is 0 Å². The maximum Gasteiger partial charge on any atom is 0.222 e. The van der Waals surface area contributed by atoms with Crippen LogP contribution in [-0.4, -0.2) is 23.9 Å². The molecule has 1 rings (SSSR count). The smallest absolute Gasteiger partial charge is 0.222 e. The number of rotatable bonds is 3. The summed E-state index contributed by atoms with van der Waals surface area (Å²) in [7, 11) is 0. The quantitative estimate of drug-likeness (QED) is 0.612. The Kier molecular flexibility index (Phi) is 4.00. The summed E-state index contributed by atoms with van der Waals surface area (Å²) in [5.74, 6) is 0.308. The fourth-order valence-electron chi connectivity index (χ4n) is 1.62. The van der Waals surface area contributed by atoms with Gasteiger partial charge in [-0.1, -0.05) is 5.57 Å². The second-order valence-corrected chi connectivity index (χ2v) is 3.90. The summed E-state index contributed by atoms with van der Waals surface area (Å²) >= 11 is 0. The molecule has 0 saturated carbocycles. The van der Waals surface area contributed by atoms with E-state index < -0.39 is 0 Å². The molecule has 74 valence electrons. The Morgan fingerprint density at radius 3 is 2.38 bits per heavy atom. The second-order valence-electron chi connectivity index (χ2n) is 3.90. The molecule has 1 aliphatic rings. The van der Waals surface area contributed by atoms with Gasteiger partial charge in [0.15, 0.2) is 0 Å². The first-order valence-corrected chi connectivity index (χ1v) is 5.12. The van der Waals surface area contributed by atoms with Gasteiger partial charge >= 0.3 is 0 Å². The number of hydrogen-bond donors (Lipinski definition) is 0. The molecule has 1 saturated heterocycles. The Morgan fingerprint density at radius 1 is 1.23 bits per heavy atom. The maximum atomic E-state index is 11.6. The molecule has 1 aliphatic heterocycles. The largest absolute Gasteiger partial charge is 0.343 e. The van der Waals surface area contributed by atoms with Crippen molar-refractivity contribution in [3.05, 3.63) is 12.2 Å². The van der Waals surface area contributed by atoms with E-state index in [1.165, 1.54) is 19.3 Å². The summed E-state index contributed by atoms with van der Waals surface area (Å²) in [6, 6.07) is 0. The lowest BCUT2D eigenvalue weighted by atomic mass is 10.1. The first-order valence-electron chi connectivity index (χ1n) is 5.12. The van der Waals surface area contributed by atoms with Crippen LogP contribution in [0.5, 0.6) is 0 Å². The van der Waals surface area contributed by atoms with Gasteiger partial charge in [-0.05, 0) is 32.6 Å². The van der Waals surface area contributed by atoms with E-state index in [0.717, 1.165) is 25.1 Å². The van der Waals surface area contributed by atoms with Crippen molar-refractivity contribution >= 4 is 5.91 Å². The molecule has 1 heterocycles. The van der Waals surface area contributed by atoms with Crippen LogP contribution in [0.2, 0.25) is 0 Å². The van der Waals surface area contributed by atoms with Gasteiger partial charge < -0.3 is 4.90 Å². The number of amides is 1. The molecule has 0 aromatic carbocycles. The molecule has 13 heavy (non-hydrogen) atoms. The summed E-state index contributed by atoms with van der Waals surface area (Å²) in [5.41, 5.74) is 1.10. The summed E-state index contributed by atoms with van der Waals surface area (Å²) < 4.78 is 0. The van der Waals surface area contributed by atoms with Crippen molar-refractivity contribution < 1.29 is 4.79 Å². The third kappa shape index (κ3) is 3.62. The van der Waals surface area contributed by atoms with Gasteiger partial charge in [0.1, 0.15) is 0 Å². The van der Waals surface area contributed by atoms with Crippen LogP contribution in [0.1, 0.15) is 39.0 Å². The first kappa shape index (κ1) is 10.3. The Morgan fingerprint density at radius 2 is 1.85 bits per heavy atom. The number of piperidine rings is 1. The molecule has 0 N–H and O–H groups in total. The van der Waals surface area contributed by atoms with E-state index in [9.17, 15) is 4.79 Å². The van der Waals surface area contributed by atoms with Gasteiger partial charge in [-0.3, -0.25) is 4.79 Å². The van der Waals surface area contributed by atoms with Crippen LogP contribution in [0.3, 0.4) is 0 Å². The zero-order chi connectivity index (χ0) is 9.68. The number of carbonyl (C=O) groups excluding carboxylic acids is 1. The van der Waals surface area contributed by atoms with Gasteiger partial charge in [0, 0.05) is 19.5 Å². The van der Waals surface area contributed by atoms with E-state index >= 15 is 0 Å². The summed E-state index contributed by atoms with van der Waals surface area (Å²) in [5, 5.41) is 0. The average Bonchev–Trinajstić information content (AvgIpc) is 2.15. The zero-order valence-electron chi connectivity index (χ0n) is 8.51. The summed E-state index contributed by atoms with van der Waals surface area (Å²) in [6.45, 7) is 7.71. The van der Waals surface area contributed by atoms with Crippen molar-refractivity contribution in [1.82, 2.24) is 4.90 Å². The van der Waals surface area contributed by atoms with Crippen LogP contribution < -0.4 is 0 Å². The molecule has 0 atom stereocenters. The Hall–Kier alpha value is -0.790. The minimum Gasteiger partial charge on any atom is -0.343 e. The third-order valence-corrected chi connectivity index (χ3v) is 2.47. The summed E-state index contributed by atoms with van der Waals surface area (Å²) in [4.78, 5) is 13.6. The molecular formula is C11H19NO. The Balaban J connectivity index is 2.25. The van der Waals surface area contributed by atoms with Crippen molar-refractivity contribution in [2.45, 2.75) is 39.0 Å². The van der Waals surface area contributed by atoms with E-state index in [1.54, 1.807) is 0 Å². The van der Waals surface area contributed by atoms with Crippen molar-refractivity contribution in [1.29, 1.82) is 0 Å². The highest BCUT2D eigenvalue weighted by Gasteiger charge is 2.15. The van der Waals surface area contributed by atoms with E-state index in [-0.39, 0.29) is 0 Å². The zero-order valence-corrected chi connectivity index (χ0v) is 8.51. The van der Waals surface area contributed by atoms with E-state index in [4.69, 9.17) is 0 Å². The number of hydrogen-bond acceptors (Lipinski definition) is 1. The van der Waals surface area contributed by atoms with Gasteiger partial charge in [0.25, 0.3) is 0 Å². The number of allylic oxidation sites excluding steroid dienone is 1. The Bertz CT molecular complexity index is 192. The fourth-order valence-corrected chi connectivity index (χ4v) is 1.62. The molecule has 0 spiro atoms. The number of likely N-dealkylation sites (tertiary alicyclic amines) is 1. The molecule has 0 bridgehead atoms. The second kappa shape index (κ2) is 5.05. The van der Waals surface area contributed by atoms with Crippen LogP contribution in [0.25, 0.3) is 0 Å². The van der Waals surface area contributed by atoms with Gasteiger partial charge in [-0.15, -0.1) is 6.58 Å². The average molecular weight is 181 g/mol. The molecule has 0 aromatic rings. The number of carbonyl (C=O) groups is 1. The van der Waals surface area contributed by atoms with Crippen LogP contribution in [0, 0.1) is 0 Å². The van der Waals surface area contributed by atoms with Crippen LogP contribution in [-0.2, 0) is 4.79 Å². The van der Waals surface area contributed by atoms with E-state index in [1.807, 2.05) is 11.8 Å². The van der Waals surface area contributed by atoms with Crippen molar-refractivity contribution in [2.75, 3.05) is 13.1 Å². The minimum absolute atomic E-state index is 0.308. The highest BCUT2D eigenvalue weighted by Crippen LogP contribution is 2.11.